The number of aliphatic hydroxyl groups excluding tert-OH is 1. The monoisotopic (exact) mass is 337 g/mol. The summed E-state index contributed by atoms with van der Waals surface area (Å²) in [5.41, 5.74) is 0.470. The number of Topliss-reactive ketones (excluding diaryl/α,β-unsaturated/α-hetero) is 1. The Kier molecular flexibility index (Phi) is 6.87. The molecule has 0 amide bonds. The summed E-state index contributed by atoms with van der Waals surface area (Å²) in [6.07, 6.45) is 2.82. The van der Waals surface area contributed by atoms with E-state index < -0.39 is 0 Å². The van der Waals surface area contributed by atoms with Crippen molar-refractivity contribution in [1.29, 1.82) is 0 Å². The molecule has 0 spiro atoms. The molecular formula is C18H27NO5. The van der Waals surface area contributed by atoms with E-state index >= 15 is 0 Å². The zero-order valence-electron chi connectivity index (χ0n) is 14.7. The van der Waals surface area contributed by atoms with Crippen molar-refractivity contribution in [2.45, 2.75) is 31.8 Å². The molecule has 1 saturated heterocycles. The number of β-amino-alcohol motifs (C(OH)–C–C–N with tert-alkyl or cyclic N) is 1. The maximum Gasteiger partial charge on any atom is 0.170 e. The lowest BCUT2D eigenvalue weighted by molar-refractivity contribution is 0.0971. The Morgan fingerprint density at radius 2 is 1.83 bits per heavy atom. The van der Waals surface area contributed by atoms with E-state index in [4.69, 9.17) is 14.2 Å². The van der Waals surface area contributed by atoms with Crippen LogP contribution in [0.25, 0.3) is 0 Å². The molecule has 1 aliphatic heterocycles. The quantitative estimate of drug-likeness (QED) is 0.550. The molecule has 1 unspecified atom stereocenters. The van der Waals surface area contributed by atoms with Gasteiger partial charge in [0, 0.05) is 31.6 Å². The average Bonchev–Trinajstić information content (AvgIpc) is 3.02. The number of ether oxygens (including phenoxy) is 3. The molecule has 24 heavy (non-hydrogen) atoms. The van der Waals surface area contributed by atoms with Gasteiger partial charge in [-0.3, -0.25) is 4.79 Å². The fourth-order valence-corrected chi connectivity index (χ4v) is 3.04. The molecule has 1 heterocycles. The Labute approximate surface area is 143 Å². The highest BCUT2D eigenvalue weighted by Crippen LogP contribution is 2.35. The van der Waals surface area contributed by atoms with Gasteiger partial charge in [-0.25, -0.2) is 0 Å². The van der Waals surface area contributed by atoms with Crippen LogP contribution in [0.4, 0.5) is 0 Å². The molecule has 0 aromatic heterocycles. The van der Waals surface area contributed by atoms with Crippen LogP contribution in [0.3, 0.4) is 0 Å². The second kappa shape index (κ2) is 8.89. The molecule has 134 valence electrons. The summed E-state index contributed by atoms with van der Waals surface area (Å²) in [5, 5.41) is 9.52. The molecule has 1 aromatic carbocycles. The summed E-state index contributed by atoms with van der Waals surface area (Å²) < 4.78 is 15.9. The fraction of sp³-hybridized carbons (Fsp3) is 0.611. The Hall–Kier alpha value is -1.79. The van der Waals surface area contributed by atoms with Gasteiger partial charge in [0.15, 0.2) is 5.78 Å². The first-order valence-electron chi connectivity index (χ1n) is 8.32. The molecule has 1 aliphatic rings. The van der Waals surface area contributed by atoms with E-state index in [9.17, 15) is 9.90 Å². The van der Waals surface area contributed by atoms with Gasteiger partial charge in [-0.1, -0.05) is 0 Å². The summed E-state index contributed by atoms with van der Waals surface area (Å²) in [6.45, 7) is 2.60. The van der Waals surface area contributed by atoms with E-state index in [-0.39, 0.29) is 11.9 Å². The van der Waals surface area contributed by atoms with Gasteiger partial charge in [0.2, 0.25) is 0 Å². The highest BCUT2D eigenvalue weighted by molar-refractivity contribution is 6.01. The minimum absolute atomic E-state index is 0.00723. The highest BCUT2D eigenvalue weighted by atomic mass is 16.5. The van der Waals surface area contributed by atoms with Crippen LogP contribution in [0.2, 0.25) is 0 Å². The Bertz CT molecular complexity index is 535. The number of rotatable bonds is 9. The Morgan fingerprint density at radius 1 is 1.17 bits per heavy atom. The number of nitrogens with zero attached hydrogens (tertiary/aromatic N) is 1. The Balaban J connectivity index is 1.93. The summed E-state index contributed by atoms with van der Waals surface area (Å²) in [7, 11) is 4.62. The number of likely N-dealkylation sites (tertiary alicyclic amines) is 1. The molecule has 1 N–H and O–H groups in total. The summed E-state index contributed by atoms with van der Waals surface area (Å²) in [5.74, 6) is 1.54. The zero-order chi connectivity index (χ0) is 17.5. The molecule has 0 radical (unpaired) electrons. The van der Waals surface area contributed by atoms with Crippen LogP contribution in [0.15, 0.2) is 12.1 Å². The number of carbonyl (C=O) groups is 1. The fourth-order valence-electron chi connectivity index (χ4n) is 3.04. The largest absolute Gasteiger partial charge is 0.496 e. The molecule has 0 saturated carbocycles. The van der Waals surface area contributed by atoms with Crippen LogP contribution in [-0.4, -0.2) is 62.9 Å². The number of carbonyl (C=O) groups excluding carboxylic acids is 1. The van der Waals surface area contributed by atoms with Gasteiger partial charge in [0.1, 0.15) is 22.8 Å². The smallest absolute Gasteiger partial charge is 0.170 e. The van der Waals surface area contributed by atoms with Crippen LogP contribution < -0.4 is 14.2 Å². The maximum absolute atomic E-state index is 12.6. The van der Waals surface area contributed by atoms with E-state index in [0.717, 1.165) is 38.9 Å². The van der Waals surface area contributed by atoms with Gasteiger partial charge in [0.25, 0.3) is 0 Å². The van der Waals surface area contributed by atoms with E-state index in [1.807, 2.05) is 0 Å². The van der Waals surface area contributed by atoms with Crippen LogP contribution in [-0.2, 0) is 0 Å². The predicted molar refractivity (Wildman–Crippen MR) is 91.3 cm³/mol. The number of unbranched alkanes of at least 4 members (excludes halogenated alkanes) is 1. The first-order chi connectivity index (χ1) is 11.6. The molecule has 2 rings (SSSR count). The van der Waals surface area contributed by atoms with E-state index in [0.29, 0.717) is 29.2 Å². The van der Waals surface area contributed by atoms with Crippen LogP contribution in [0, 0.1) is 0 Å². The predicted octanol–water partition coefficient (Wildman–Crippen LogP) is 2.13. The topological polar surface area (TPSA) is 68.2 Å². The lowest BCUT2D eigenvalue weighted by Crippen LogP contribution is -2.23. The molecule has 1 aromatic rings. The molecule has 0 aliphatic carbocycles. The molecule has 0 bridgehead atoms. The minimum atomic E-state index is -0.195. The number of aliphatic hydroxyl groups is 1. The summed E-state index contributed by atoms with van der Waals surface area (Å²) in [4.78, 5) is 14.8. The SMILES string of the molecule is COc1cc(OC)c(C(=O)CCCCN2CCC(O)C2)c(OC)c1. The third-order valence-corrected chi connectivity index (χ3v) is 4.37. The van der Waals surface area contributed by atoms with E-state index in [1.165, 1.54) is 14.2 Å². The third-order valence-electron chi connectivity index (χ3n) is 4.37. The number of hydrogen-bond donors (Lipinski definition) is 1. The van der Waals surface area contributed by atoms with E-state index in [2.05, 4.69) is 4.90 Å². The van der Waals surface area contributed by atoms with Crippen LogP contribution in [0.5, 0.6) is 17.2 Å². The first-order valence-corrected chi connectivity index (χ1v) is 8.32. The standard InChI is InChI=1S/C18H27NO5/c1-22-14-10-16(23-2)18(17(11-14)24-3)15(21)6-4-5-8-19-9-7-13(20)12-19/h10-11,13,20H,4-9,12H2,1-3H3. The normalized spacial score (nSPS) is 17.8. The molecule has 1 atom stereocenters. The van der Waals surface area contributed by atoms with Crippen molar-refractivity contribution in [2.75, 3.05) is 41.0 Å². The van der Waals surface area contributed by atoms with Gasteiger partial charge in [-0.15, -0.1) is 0 Å². The van der Waals surface area contributed by atoms with Gasteiger partial charge in [-0.05, 0) is 25.8 Å². The lowest BCUT2D eigenvalue weighted by Gasteiger charge is -2.15. The van der Waals surface area contributed by atoms with Crippen molar-refractivity contribution in [1.82, 2.24) is 4.90 Å². The van der Waals surface area contributed by atoms with Crippen molar-refractivity contribution in [3.63, 3.8) is 0 Å². The summed E-state index contributed by atoms with van der Waals surface area (Å²) >= 11 is 0. The first kappa shape index (κ1) is 18.5. The second-order valence-electron chi connectivity index (χ2n) is 6.03. The molecule has 6 heteroatoms. The van der Waals surface area contributed by atoms with Gasteiger partial charge >= 0.3 is 0 Å². The van der Waals surface area contributed by atoms with Gasteiger partial charge < -0.3 is 24.2 Å². The van der Waals surface area contributed by atoms with Gasteiger partial charge in [-0.2, -0.15) is 0 Å². The Morgan fingerprint density at radius 3 is 2.33 bits per heavy atom. The lowest BCUT2D eigenvalue weighted by atomic mass is 10.0. The van der Waals surface area contributed by atoms with Crippen molar-refractivity contribution < 1.29 is 24.1 Å². The average molecular weight is 337 g/mol. The zero-order valence-corrected chi connectivity index (χ0v) is 14.7. The third kappa shape index (κ3) is 4.61. The molecular weight excluding hydrogens is 310 g/mol. The van der Waals surface area contributed by atoms with Gasteiger partial charge in [0.05, 0.1) is 27.4 Å². The van der Waals surface area contributed by atoms with Crippen LogP contribution >= 0.6 is 0 Å². The minimum Gasteiger partial charge on any atom is -0.496 e. The summed E-state index contributed by atoms with van der Waals surface area (Å²) in [6, 6.07) is 3.39. The van der Waals surface area contributed by atoms with Crippen molar-refractivity contribution in [3.05, 3.63) is 17.7 Å². The number of hydrogen-bond acceptors (Lipinski definition) is 6. The van der Waals surface area contributed by atoms with Crippen molar-refractivity contribution >= 4 is 5.78 Å². The molecule has 1 fully saturated rings. The van der Waals surface area contributed by atoms with Crippen molar-refractivity contribution in [2.24, 2.45) is 0 Å². The number of methoxy groups -OCH3 is 3. The second-order valence-corrected chi connectivity index (χ2v) is 6.03. The molecule has 6 nitrogen and oxygen atoms in total. The number of ketones is 1. The highest BCUT2D eigenvalue weighted by Gasteiger charge is 2.21. The maximum atomic E-state index is 12.6. The van der Waals surface area contributed by atoms with E-state index in [1.54, 1.807) is 19.2 Å². The van der Waals surface area contributed by atoms with Crippen LogP contribution in [0.1, 0.15) is 36.0 Å². The number of benzene rings is 1. The van der Waals surface area contributed by atoms with Crippen molar-refractivity contribution in [3.8, 4) is 17.2 Å².